The lowest BCUT2D eigenvalue weighted by Crippen LogP contribution is -2.34. The van der Waals surface area contributed by atoms with Crippen LogP contribution in [-0.4, -0.2) is 32.0 Å². The molecule has 0 aliphatic rings. The second kappa shape index (κ2) is 8.30. The van der Waals surface area contributed by atoms with E-state index >= 15 is 0 Å². The van der Waals surface area contributed by atoms with Crippen LogP contribution in [0.2, 0.25) is 0 Å². The molecule has 0 bridgehead atoms. The van der Waals surface area contributed by atoms with Crippen molar-refractivity contribution < 1.29 is 14.5 Å². The molecule has 2 aromatic heterocycles. The van der Waals surface area contributed by atoms with Crippen LogP contribution >= 0.6 is 0 Å². The molecule has 0 aliphatic heterocycles. The number of aromatic nitrogens is 3. The van der Waals surface area contributed by atoms with E-state index in [1.54, 1.807) is 25.4 Å². The third-order valence-electron chi connectivity index (χ3n) is 4.07. The van der Waals surface area contributed by atoms with Gasteiger partial charge in [-0.1, -0.05) is 30.3 Å². The number of nitro groups is 1. The summed E-state index contributed by atoms with van der Waals surface area (Å²) < 4.78 is 7.17. The third kappa shape index (κ3) is 4.32. The van der Waals surface area contributed by atoms with Crippen LogP contribution in [0.25, 0.3) is 0 Å². The molecule has 0 saturated carbocycles. The van der Waals surface area contributed by atoms with E-state index in [-0.39, 0.29) is 12.4 Å². The Morgan fingerprint density at radius 2 is 2.04 bits per heavy atom. The zero-order valence-electron chi connectivity index (χ0n) is 15.4. The van der Waals surface area contributed by atoms with Gasteiger partial charge in [-0.2, -0.15) is 0 Å². The van der Waals surface area contributed by atoms with Gasteiger partial charge in [0.05, 0.1) is 0 Å². The Kier molecular flexibility index (Phi) is 5.64. The van der Waals surface area contributed by atoms with Gasteiger partial charge in [0.1, 0.15) is 17.6 Å². The number of imidazole rings is 1. The third-order valence-corrected chi connectivity index (χ3v) is 4.07. The van der Waals surface area contributed by atoms with E-state index in [4.69, 9.17) is 4.74 Å². The number of aryl methyl sites for hydroxylation is 2. The summed E-state index contributed by atoms with van der Waals surface area (Å²) >= 11 is 0. The first-order valence-electron chi connectivity index (χ1n) is 8.52. The number of pyridine rings is 1. The molecule has 9 heteroatoms. The predicted octanol–water partition coefficient (Wildman–Crippen LogP) is 2.32. The summed E-state index contributed by atoms with van der Waals surface area (Å²) in [6, 6.07) is 11.9. The molecule has 9 nitrogen and oxygen atoms in total. The Labute approximate surface area is 161 Å². The highest BCUT2D eigenvalue weighted by atomic mass is 16.6. The average molecular weight is 381 g/mol. The van der Waals surface area contributed by atoms with E-state index < -0.39 is 22.7 Å². The van der Waals surface area contributed by atoms with Crippen molar-refractivity contribution in [3.05, 3.63) is 82.1 Å². The number of hydrogen-bond acceptors (Lipinski definition) is 6. The molecule has 3 rings (SSSR count). The first-order valence-corrected chi connectivity index (χ1v) is 8.52. The second-order valence-electron chi connectivity index (χ2n) is 6.13. The molecule has 3 aromatic rings. The Balaban J connectivity index is 1.75. The van der Waals surface area contributed by atoms with Gasteiger partial charge >= 0.3 is 5.82 Å². The van der Waals surface area contributed by atoms with Gasteiger partial charge in [0.2, 0.25) is 5.75 Å². The Hall–Kier alpha value is -3.75. The molecule has 0 fully saturated rings. The minimum atomic E-state index is -0.638. The standard InChI is InChI=1S/C19H19N5O4/c1-13-8-9-15(18(21-13)24(26)27)28-12-16(25)22-17(14-6-4-3-5-7-14)19-20-10-11-23(19)2/h3-11,17H,12H2,1-2H3,(H,22,25)/t17-/m0/s1. The number of rotatable bonds is 7. The van der Waals surface area contributed by atoms with Crippen LogP contribution in [0.15, 0.2) is 54.9 Å². The fourth-order valence-electron chi connectivity index (χ4n) is 2.72. The van der Waals surface area contributed by atoms with Gasteiger partial charge in [0, 0.05) is 26.4 Å². The number of carbonyl (C=O) groups is 1. The maximum Gasteiger partial charge on any atom is 0.406 e. The van der Waals surface area contributed by atoms with E-state index in [1.165, 1.54) is 6.07 Å². The fraction of sp³-hybridized carbons (Fsp3) is 0.211. The first-order chi connectivity index (χ1) is 13.5. The molecule has 1 aromatic carbocycles. The van der Waals surface area contributed by atoms with Crippen LogP contribution in [0.4, 0.5) is 5.82 Å². The lowest BCUT2D eigenvalue weighted by Gasteiger charge is -2.19. The number of nitrogens with zero attached hydrogens (tertiary/aromatic N) is 4. The van der Waals surface area contributed by atoms with Crippen LogP contribution in [0.5, 0.6) is 5.75 Å². The molecule has 1 amide bonds. The van der Waals surface area contributed by atoms with Crippen molar-refractivity contribution in [3.63, 3.8) is 0 Å². The Morgan fingerprint density at radius 3 is 2.68 bits per heavy atom. The highest BCUT2D eigenvalue weighted by Gasteiger charge is 2.22. The maximum absolute atomic E-state index is 12.5. The number of ether oxygens (including phenoxy) is 1. The van der Waals surface area contributed by atoms with Crippen molar-refractivity contribution in [1.82, 2.24) is 19.9 Å². The van der Waals surface area contributed by atoms with Crippen molar-refractivity contribution in [3.8, 4) is 5.75 Å². The lowest BCUT2D eigenvalue weighted by molar-refractivity contribution is -0.390. The van der Waals surface area contributed by atoms with Gasteiger partial charge in [0.25, 0.3) is 5.91 Å². The van der Waals surface area contributed by atoms with Gasteiger partial charge < -0.3 is 24.7 Å². The van der Waals surface area contributed by atoms with Crippen LogP contribution in [0.3, 0.4) is 0 Å². The average Bonchev–Trinajstić information content (AvgIpc) is 3.11. The molecule has 28 heavy (non-hydrogen) atoms. The number of nitrogens with one attached hydrogen (secondary N) is 1. The van der Waals surface area contributed by atoms with Gasteiger partial charge in [-0.05, 0) is 27.6 Å². The zero-order chi connectivity index (χ0) is 20.1. The van der Waals surface area contributed by atoms with Crippen molar-refractivity contribution in [1.29, 1.82) is 0 Å². The van der Waals surface area contributed by atoms with Crippen molar-refractivity contribution >= 4 is 11.7 Å². The summed E-state index contributed by atoms with van der Waals surface area (Å²) in [4.78, 5) is 31.1. The highest BCUT2D eigenvalue weighted by Crippen LogP contribution is 2.24. The SMILES string of the molecule is Cc1ccc(OCC(=O)N[C@@H](c2ccccc2)c2nccn2C)c([N+](=O)[O-])n1. The quantitative estimate of drug-likeness (QED) is 0.496. The van der Waals surface area contributed by atoms with Crippen LogP contribution in [0, 0.1) is 17.0 Å². The van der Waals surface area contributed by atoms with Gasteiger partial charge in [-0.3, -0.25) is 4.79 Å². The Morgan fingerprint density at radius 1 is 1.29 bits per heavy atom. The molecular formula is C19H19N5O4. The van der Waals surface area contributed by atoms with Gasteiger partial charge in [-0.15, -0.1) is 0 Å². The number of amides is 1. The maximum atomic E-state index is 12.5. The normalized spacial score (nSPS) is 11.6. The van der Waals surface area contributed by atoms with E-state index in [2.05, 4.69) is 15.3 Å². The minimum absolute atomic E-state index is 0.0565. The molecule has 144 valence electrons. The molecule has 2 heterocycles. The van der Waals surface area contributed by atoms with Crippen LogP contribution < -0.4 is 10.1 Å². The molecule has 1 atom stereocenters. The first kappa shape index (κ1) is 19.0. The zero-order valence-corrected chi connectivity index (χ0v) is 15.4. The van der Waals surface area contributed by atoms with E-state index in [0.717, 1.165) is 5.56 Å². The largest absolute Gasteiger partial charge is 0.476 e. The summed E-state index contributed by atoms with van der Waals surface area (Å²) in [5.74, 6) is -0.259. The fourth-order valence-corrected chi connectivity index (χ4v) is 2.72. The molecule has 0 saturated heterocycles. The highest BCUT2D eigenvalue weighted by molar-refractivity contribution is 5.78. The molecule has 0 spiro atoms. The number of benzene rings is 1. The van der Waals surface area contributed by atoms with Gasteiger partial charge in [-0.25, -0.2) is 4.98 Å². The van der Waals surface area contributed by atoms with E-state index in [9.17, 15) is 14.9 Å². The molecule has 0 radical (unpaired) electrons. The summed E-state index contributed by atoms with van der Waals surface area (Å²) in [6.07, 6.45) is 3.44. The van der Waals surface area contributed by atoms with Gasteiger partial charge in [0.15, 0.2) is 6.61 Å². The van der Waals surface area contributed by atoms with Crippen molar-refractivity contribution in [2.75, 3.05) is 6.61 Å². The molecular weight excluding hydrogens is 362 g/mol. The summed E-state index contributed by atoms with van der Waals surface area (Å²) in [5.41, 5.74) is 1.34. The molecule has 0 aliphatic carbocycles. The lowest BCUT2D eigenvalue weighted by atomic mass is 10.1. The van der Waals surface area contributed by atoms with E-state index in [0.29, 0.717) is 11.5 Å². The molecule has 1 N–H and O–H groups in total. The summed E-state index contributed by atoms with van der Waals surface area (Å²) in [5, 5.41) is 14.0. The van der Waals surface area contributed by atoms with Crippen LogP contribution in [0.1, 0.15) is 23.1 Å². The number of hydrogen-bond donors (Lipinski definition) is 1. The van der Waals surface area contributed by atoms with Crippen molar-refractivity contribution in [2.24, 2.45) is 7.05 Å². The summed E-state index contributed by atoms with van der Waals surface area (Å²) in [7, 11) is 1.84. The monoisotopic (exact) mass is 381 g/mol. The minimum Gasteiger partial charge on any atom is -0.476 e. The topological polar surface area (TPSA) is 112 Å². The number of carbonyl (C=O) groups excluding carboxylic acids is 1. The van der Waals surface area contributed by atoms with Crippen molar-refractivity contribution in [2.45, 2.75) is 13.0 Å². The summed E-state index contributed by atoms with van der Waals surface area (Å²) in [6.45, 7) is 1.25. The second-order valence-corrected chi connectivity index (χ2v) is 6.13. The van der Waals surface area contributed by atoms with E-state index in [1.807, 2.05) is 41.9 Å². The predicted molar refractivity (Wildman–Crippen MR) is 101 cm³/mol. The smallest absolute Gasteiger partial charge is 0.406 e. The van der Waals surface area contributed by atoms with Crippen LogP contribution in [-0.2, 0) is 11.8 Å². The molecule has 0 unspecified atom stereocenters. The Bertz CT molecular complexity index is 987.